The van der Waals surface area contributed by atoms with Crippen LogP contribution in [0.15, 0.2) is 5.18 Å². The van der Waals surface area contributed by atoms with E-state index in [4.69, 9.17) is 5.41 Å². The summed E-state index contributed by atoms with van der Waals surface area (Å²) < 4.78 is 0. The average molecular weight is 280 g/mol. The minimum absolute atomic E-state index is 0.0659. The van der Waals surface area contributed by atoms with E-state index in [2.05, 4.69) is 32.9 Å². The Hall–Kier alpha value is -1.06. The molecule has 4 atom stereocenters. The van der Waals surface area contributed by atoms with Gasteiger partial charge >= 0.3 is 0 Å². The zero-order valence-electron chi connectivity index (χ0n) is 13.4. The molecule has 20 heavy (non-hydrogen) atoms. The van der Waals surface area contributed by atoms with Crippen molar-refractivity contribution in [2.24, 2.45) is 28.3 Å². The number of Topliss-reactive ketones (excluding diaryl/α,β-unsaturated/α-hetero) is 1. The van der Waals surface area contributed by atoms with Crippen LogP contribution in [0.5, 0.6) is 0 Å². The zero-order chi connectivity index (χ0) is 15.5. The Kier molecular flexibility index (Phi) is 5.60. The molecule has 0 amide bonds. The van der Waals surface area contributed by atoms with Crippen molar-refractivity contribution < 1.29 is 4.79 Å². The highest BCUT2D eigenvalue weighted by molar-refractivity contribution is 6.06. The lowest BCUT2D eigenvalue weighted by Gasteiger charge is -2.38. The average Bonchev–Trinajstić information content (AvgIpc) is 2.32. The van der Waals surface area contributed by atoms with E-state index in [0.29, 0.717) is 24.5 Å². The van der Waals surface area contributed by atoms with Gasteiger partial charge in [0.25, 0.3) is 0 Å². The predicted octanol–water partition coefficient (Wildman–Crippen LogP) is 4.22. The summed E-state index contributed by atoms with van der Waals surface area (Å²) in [4.78, 5) is 22.8. The van der Waals surface area contributed by atoms with Crippen LogP contribution in [0.2, 0.25) is 0 Å². The van der Waals surface area contributed by atoms with Gasteiger partial charge in [-0.15, -0.1) is 0 Å². The van der Waals surface area contributed by atoms with Gasteiger partial charge in [-0.25, -0.2) is 0 Å². The highest BCUT2D eigenvalue weighted by Crippen LogP contribution is 2.39. The van der Waals surface area contributed by atoms with Crippen molar-refractivity contribution in [3.8, 4) is 0 Å². The van der Waals surface area contributed by atoms with Crippen molar-refractivity contribution in [2.75, 3.05) is 0 Å². The van der Waals surface area contributed by atoms with Gasteiger partial charge in [0.1, 0.15) is 5.78 Å². The van der Waals surface area contributed by atoms with Crippen LogP contribution in [0.25, 0.3) is 0 Å². The Morgan fingerprint density at radius 1 is 1.25 bits per heavy atom. The van der Waals surface area contributed by atoms with E-state index in [1.807, 2.05) is 6.92 Å². The standard InChI is InChI=1S/C16H28N2O2/c1-10(6-7-11(2)18-20)12(3)15-13(17)8-16(4,5)9-14(15)19/h10-12,15,17H,6-9H2,1-5H3. The van der Waals surface area contributed by atoms with Crippen molar-refractivity contribution in [3.05, 3.63) is 4.91 Å². The van der Waals surface area contributed by atoms with Gasteiger partial charge in [0.2, 0.25) is 0 Å². The first-order chi connectivity index (χ1) is 9.18. The van der Waals surface area contributed by atoms with Crippen LogP contribution in [-0.2, 0) is 4.79 Å². The quantitative estimate of drug-likeness (QED) is 0.740. The summed E-state index contributed by atoms with van der Waals surface area (Å²) >= 11 is 0. The summed E-state index contributed by atoms with van der Waals surface area (Å²) in [5.41, 5.74) is 0.524. The second-order valence-corrected chi connectivity index (χ2v) is 7.36. The number of nitrogens with one attached hydrogen (secondary N) is 1. The summed E-state index contributed by atoms with van der Waals surface area (Å²) in [7, 11) is 0. The van der Waals surface area contributed by atoms with Gasteiger partial charge < -0.3 is 5.41 Å². The highest BCUT2D eigenvalue weighted by atomic mass is 16.3. The SMILES string of the molecule is CC(CCC(C)C(C)C1C(=N)CC(C)(C)CC1=O)N=O. The van der Waals surface area contributed by atoms with Crippen LogP contribution < -0.4 is 0 Å². The third kappa shape index (κ3) is 4.22. The molecule has 0 heterocycles. The number of carbonyl (C=O) groups excluding carboxylic acids is 1. The number of nitrogens with zero attached hydrogens (tertiary/aromatic N) is 1. The molecule has 4 unspecified atom stereocenters. The molecule has 114 valence electrons. The van der Waals surface area contributed by atoms with E-state index in [-0.39, 0.29) is 29.1 Å². The Morgan fingerprint density at radius 3 is 2.35 bits per heavy atom. The molecule has 0 aromatic rings. The van der Waals surface area contributed by atoms with Crippen molar-refractivity contribution >= 4 is 11.5 Å². The number of carbonyl (C=O) groups is 1. The van der Waals surface area contributed by atoms with Crippen LogP contribution in [0.1, 0.15) is 60.3 Å². The molecule has 1 rings (SSSR count). The van der Waals surface area contributed by atoms with Gasteiger partial charge in [0.15, 0.2) is 0 Å². The maximum atomic E-state index is 12.4. The molecule has 1 aliphatic rings. The summed E-state index contributed by atoms with van der Waals surface area (Å²) in [6.45, 7) is 10.1. The minimum atomic E-state index is -0.225. The molecule has 0 aromatic heterocycles. The van der Waals surface area contributed by atoms with Gasteiger partial charge in [0.05, 0.1) is 12.0 Å². The fraction of sp³-hybridized carbons (Fsp3) is 0.875. The molecule has 0 spiro atoms. The zero-order valence-corrected chi connectivity index (χ0v) is 13.4. The Morgan fingerprint density at radius 2 is 1.85 bits per heavy atom. The molecule has 1 saturated carbocycles. The molecule has 0 radical (unpaired) electrons. The molecule has 1 N–H and O–H groups in total. The fourth-order valence-corrected chi connectivity index (χ4v) is 3.22. The monoisotopic (exact) mass is 280 g/mol. The minimum Gasteiger partial charge on any atom is -0.309 e. The van der Waals surface area contributed by atoms with E-state index in [9.17, 15) is 9.70 Å². The van der Waals surface area contributed by atoms with Crippen LogP contribution >= 0.6 is 0 Å². The smallest absolute Gasteiger partial charge is 0.142 e. The predicted molar refractivity (Wildman–Crippen MR) is 82.1 cm³/mol. The Labute approximate surface area is 122 Å². The van der Waals surface area contributed by atoms with Gasteiger partial charge in [-0.2, -0.15) is 4.91 Å². The van der Waals surface area contributed by atoms with E-state index in [1.165, 1.54) is 0 Å². The normalized spacial score (nSPS) is 26.9. The van der Waals surface area contributed by atoms with Crippen LogP contribution in [0.3, 0.4) is 0 Å². The van der Waals surface area contributed by atoms with E-state index in [0.717, 1.165) is 12.8 Å². The Bertz CT molecular complexity index is 370. The molecular weight excluding hydrogens is 252 g/mol. The molecule has 4 nitrogen and oxygen atoms in total. The van der Waals surface area contributed by atoms with Gasteiger partial charge in [-0.1, -0.05) is 32.9 Å². The topological polar surface area (TPSA) is 70.3 Å². The number of ketones is 1. The molecule has 0 bridgehead atoms. The first-order valence-corrected chi connectivity index (χ1v) is 7.60. The lowest BCUT2D eigenvalue weighted by molar-refractivity contribution is -0.125. The molecule has 1 aliphatic carbocycles. The molecule has 0 saturated heterocycles. The van der Waals surface area contributed by atoms with Crippen molar-refractivity contribution in [3.63, 3.8) is 0 Å². The fourth-order valence-electron chi connectivity index (χ4n) is 3.22. The third-order valence-electron chi connectivity index (χ3n) is 4.69. The number of nitroso groups, excluding NO2 is 1. The second-order valence-electron chi connectivity index (χ2n) is 7.36. The second kappa shape index (κ2) is 6.59. The van der Waals surface area contributed by atoms with Crippen LogP contribution in [0.4, 0.5) is 0 Å². The summed E-state index contributed by atoms with van der Waals surface area (Å²) in [6, 6.07) is -0.162. The van der Waals surface area contributed by atoms with Gasteiger partial charge in [-0.3, -0.25) is 4.79 Å². The lowest BCUT2D eigenvalue weighted by atomic mass is 9.65. The first kappa shape index (κ1) is 17.0. The number of rotatable bonds is 6. The Balaban J connectivity index is 2.66. The highest BCUT2D eigenvalue weighted by Gasteiger charge is 2.41. The maximum absolute atomic E-state index is 12.4. The van der Waals surface area contributed by atoms with E-state index >= 15 is 0 Å². The molecule has 0 aromatic carbocycles. The van der Waals surface area contributed by atoms with Crippen molar-refractivity contribution in [1.29, 1.82) is 5.41 Å². The molecular formula is C16H28N2O2. The molecule has 1 fully saturated rings. The van der Waals surface area contributed by atoms with Crippen molar-refractivity contribution in [2.45, 2.75) is 66.3 Å². The first-order valence-electron chi connectivity index (χ1n) is 7.60. The van der Waals surface area contributed by atoms with Gasteiger partial charge in [-0.05, 0) is 43.4 Å². The summed E-state index contributed by atoms with van der Waals surface area (Å²) in [6.07, 6.45) is 2.93. The summed E-state index contributed by atoms with van der Waals surface area (Å²) in [5.74, 6) is 0.490. The largest absolute Gasteiger partial charge is 0.309 e. The molecule has 4 heteroatoms. The third-order valence-corrected chi connectivity index (χ3v) is 4.69. The van der Waals surface area contributed by atoms with Crippen LogP contribution in [-0.4, -0.2) is 17.5 Å². The van der Waals surface area contributed by atoms with E-state index in [1.54, 1.807) is 0 Å². The number of hydrogen-bond donors (Lipinski definition) is 1. The van der Waals surface area contributed by atoms with Crippen molar-refractivity contribution in [1.82, 2.24) is 0 Å². The molecule has 0 aliphatic heterocycles. The number of hydrogen-bond acceptors (Lipinski definition) is 4. The van der Waals surface area contributed by atoms with Gasteiger partial charge in [0, 0.05) is 12.1 Å². The van der Waals surface area contributed by atoms with E-state index < -0.39 is 0 Å². The lowest BCUT2D eigenvalue weighted by Crippen LogP contribution is -2.42. The summed E-state index contributed by atoms with van der Waals surface area (Å²) in [5, 5.41) is 11.2. The maximum Gasteiger partial charge on any atom is 0.142 e. The van der Waals surface area contributed by atoms with Crippen LogP contribution in [0, 0.1) is 33.5 Å².